The first-order valence-electron chi connectivity index (χ1n) is 8.75. The molecule has 0 saturated carbocycles. The molecule has 0 radical (unpaired) electrons. The van der Waals surface area contributed by atoms with Gasteiger partial charge in [0.2, 0.25) is 26.6 Å². The Kier molecular flexibility index (Phi) is 5.01. The number of piperidine rings is 1. The Morgan fingerprint density at radius 3 is 2.52 bits per heavy atom. The molecule has 0 N–H and O–H groups in total. The summed E-state index contributed by atoms with van der Waals surface area (Å²) in [6, 6.07) is 9.89. The molecule has 1 aliphatic heterocycles. The van der Waals surface area contributed by atoms with E-state index < -0.39 is 9.84 Å². The van der Waals surface area contributed by atoms with Crippen molar-refractivity contribution in [1.29, 1.82) is 0 Å². The Hall–Kier alpha value is -1.83. The zero-order chi connectivity index (χ0) is 19.0. The highest BCUT2D eigenvalue weighted by Crippen LogP contribution is 2.37. The van der Waals surface area contributed by atoms with E-state index in [9.17, 15) is 8.42 Å². The fraction of sp³-hybridized carbons (Fsp3) is 0.316. The monoisotopic (exact) mass is 422 g/mol. The Morgan fingerprint density at radius 1 is 1.19 bits per heavy atom. The lowest BCUT2D eigenvalue weighted by Crippen LogP contribution is -2.33. The molecule has 0 aliphatic carbocycles. The van der Waals surface area contributed by atoms with Crippen molar-refractivity contribution >= 4 is 38.7 Å². The van der Waals surface area contributed by atoms with Gasteiger partial charge in [-0.05, 0) is 54.5 Å². The molecule has 1 fully saturated rings. The summed E-state index contributed by atoms with van der Waals surface area (Å²) in [5, 5.41) is 2.37. The van der Waals surface area contributed by atoms with Gasteiger partial charge in [-0.2, -0.15) is 4.98 Å². The summed E-state index contributed by atoms with van der Waals surface area (Å²) in [7, 11) is -3.82. The number of hydrogen-bond acceptors (Lipinski definition) is 6. The molecule has 3 aromatic rings. The lowest BCUT2D eigenvalue weighted by molar-refractivity contribution is 0.416. The van der Waals surface area contributed by atoms with Crippen LogP contribution in [0.1, 0.15) is 19.8 Å². The van der Waals surface area contributed by atoms with Crippen LogP contribution in [0.25, 0.3) is 10.8 Å². The van der Waals surface area contributed by atoms with E-state index >= 15 is 0 Å². The maximum Gasteiger partial charge on any atom is 0.240 e. The van der Waals surface area contributed by atoms with E-state index in [1.807, 2.05) is 22.4 Å². The summed E-state index contributed by atoms with van der Waals surface area (Å²) < 4.78 is 32.5. The minimum absolute atomic E-state index is 0.0252. The molecule has 1 saturated heterocycles. The van der Waals surface area contributed by atoms with Gasteiger partial charge in [0.1, 0.15) is 0 Å². The average Bonchev–Trinajstić information content (AvgIpc) is 3.33. The molecular weight excluding hydrogens is 404 g/mol. The van der Waals surface area contributed by atoms with E-state index in [-0.39, 0.29) is 9.92 Å². The van der Waals surface area contributed by atoms with Crippen molar-refractivity contribution in [1.82, 2.24) is 4.98 Å². The van der Waals surface area contributed by atoms with Gasteiger partial charge in [-0.1, -0.05) is 24.6 Å². The van der Waals surface area contributed by atoms with Gasteiger partial charge < -0.3 is 9.32 Å². The predicted molar refractivity (Wildman–Crippen MR) is 107 cm³/mol. The van der Waals surface area contributed by atoms with Crippen LogP contribution in [0.5, 0.6) is 0 Å². The van der Waals surface area contributed by atoms with Gasteiger partial charge in [0, 0.05) is 18.1 Å². The third-order valence-corrected chi connectivity index (χ3v) is 7.54. The van der Waals surface area contributed by atoms with Crippen molar-refractivity contribution in [3.05, 3.63) is 46.8 Å². The Bertz CT molecular complexity index is 1020. The van der Waals surface area contributed by atoms with E-state index in [1.165, 1.54) is 23.5 Å². The fourth-order valence-corrected chi connectivity index (χ4v) is 5.21. The van der Waals surface area contributed by atoms with Crippen LogP contribution in [0.4, 0.5) is 5.88 Å². The van der Waals surface area contributed by atoms with Crippen molar-refractivity contribution in [3.8, 4) is 10.8 Å². The molecule has 0 bridgehead atoms. The minimum atomic E-state index is -3.82. The number of halogens is 1. The Labute approximate surface area is 167 Å². The first-order chi connectivity index (χ1) is 12.9. The number of oxazole rings is 1. The first kappa shape index (κ1) is 18.5. The molecule has 142 valence electrons. The van der Waals surface area contributed by atoms with Gasteiger partial charge in [0.25, 0.3) is 0 Å². The van der Waals surface area contributed by atoms with Crippen molar-refractivity contribution in [2.45, 2.75) is 29.7 Å². The van der Waals surface area contributed by atoms with Crippen LogP contribution >= 0.6 is 22.9 Å². The highest BCUT2D eigenvalue weighted by molar-refractivity contribution is 7.91. The van der Waals surface area contributed by atoms with Crippen molar-refractivity contribution in [2.75, 3.05) is 18.0 Å². The number of benzene rings is 1. The highest BCUT2D eigenvalue weighted by atomic mass is 35.5. The smallest absolute Gasteiger partial charge is 0.240 e. The number of hydrogen-bond donors (Lipinski definition) is 0. The second kappa shape index (κ2) is 7.30. The topological polar surface area (TPSA) is 63.4 Å². The molecular formula is C19H19ClN2O3S2. The number of rotatable bonds is 4. The van der Waals surface area contributed by atoms with Crippen molar-refractivity contribution < 1.29 is 12.8 Å². The van der Waals surface area contributed by atoms with Crippen LogP contribution in [-0.2, 0) is 9.84 Å². The first-order valence-corrected chi connectivity index (χ1v) is 11.5. The quantitative estimate of drug-likeness (QED) is 0.583. The van der Waals surface area contributed by atoms with Crippen LogP contribution in [0, 0.1) is 5.92 Å². The summed E-state index contributed by atoms with van der Waals surface area (Å²) in [4.78, 5) is 7.35. The molecule has 5 nitrogen and oxygen atoms in total. The maximum atomic E-state index is 13.3. The van der Waals surface area contributed by atoms with E-state index in [2.05, 4.69) is 11.9 Å². The molecule has 27 heavy (non-hydrogen) atoms. The number of nitrogens with zero attached hydrogens (tertiary/aromatic N) is 2. The largest absolute Gasteiger partial charge is 0.418 e. The minimum Gasteiger partial charge on any atom is -0.418 e. The number of thiophene rings is 1. The highest BCUT2D eigenvalue weighted by Gasteiger charge is 2.32. The second-order valence-corrected chi connectivity index (χ2v) is 9.98. The third-order valence-electron chi connectivity index (χ3n) is 4.76. The molecule has 0 unspecified atom stereocenters. The normalized spacial score (nSPS) is 16.0. The van der Waals surface area contributed by atoms with E-state index in [1.54, 1.807) is 12.1 Å². The van der Waals surface area contributed by atoms with E-state index in [4.69, 9.17) is 16.0 Å². The van der Waals surface area contributed by atoms with Crippen LogP contribution in [-0.4, -0.2) is 26.5 Å². The molecule has 0 atom stereocenters. The van der Waals surface area contributed by atoms with Crippen molar-refractivity contribution in [2.24, 2.45) is 5.92 Å². The van der Waals surface area contributed by atoms with Gasteiger partial charge in [-0.3, -0.25) is 0 Å². The SMILES string of the molecule is CC1CCN(c2oc(-c3cccs3)nc2S(=O)(=O)c2ccc(Cl)cc2)CC1. The lowest BCUT2D eigenvalue weighted by Gasteiger charge is -2.30. The zero-order valence-electron chi connectivity index (χ0n) is 14.8. The number of anilines is 1. The lowest BCUT2D eigenvalue weighted by atomic mass is 9.99. The third kappa shape index (κ3) is 3.63. The molecule has 0 spiro atoms. The summed E-state index contributed by atoms with van der Waals surface area (Å²) >= 11 is 7.38. The molecule has 4 rings (SSSR count). The summed E-state index contributed by atoms with van der Waals surface area (Å²) in [5.41, 5.74) is 0. The number of sulfone groups is 1. The van der Waals surface area contributed by atoms with Gasteiger partial charge in [-0.15, -0.1) is 11.3 Å². The van der Waals surface area contributed by atoms with Crippen LogP contribution in [0.2, 0.25) is 5.02 Å². The zero-order valence-corrected chi connectivity index (χ0v) is 17.1. The maximum absolute atomic E-state index is 13.3. The van der Waals surface area contributed by atoms with Crippen LogP contribution < -0.4 is 4.90 Å². The van der Waals surface area contributed by atoms with Gasteiger partial charge in [0.15, 0.2) is 0 Å². The van der Waals surface area contributed by atoms with Crippen molar-refractivity contribution in [3.63, 3.8) is 0 Å². The van der Waals surface area contributed by atoms with Gasteiger partial charge in [-0.25, -0.2) is 8.42 Å². The Morgan fingerprint density at radius 2 is 1.89 bits per heavy atom. The fourth-order valence-electron chi connectivity index (χ4n) is 3.12. The van der Waals surface area contributed by atoms with Gasteiger partial charge in [0.05, 0.1) is 9.77 Å². The summed E-state index contributed by atoms with van der Waals surface area (Å²) in [6.07, 6.45) is 1.99. The molecule has 0 amide bonds. The molecule has 2 aromatic heterocycles. The Balaban J connectivity index is 1.81. The second-order valence-electron chi connectivity index (χ2n) is 6.73. The van der Waals surface area contributed by atoms with E-state index in [0.29, 0.717) is 22.7 Å². The molecule has 3 heterocycles. The molecule has 1 aromatic carbocycles. The molecule has 8 heteroatoms. The standard InChI is InChI=1S/C19H19ClN2O3S2/c1-13-8-10-22(11-9-13)19-18(21-17(25-19)16-3-2-12-26-16)27(23,24)15-6-4-14(20)5-7-15/h2-7,12-13H,8-11H2,1H3. The number of aromatic nitrogens is 1. The van der Waals surface area contributed by atoms with Crippen LogP contribution in [0.3, 0.4) is 0 Å². The van der Waals surface area contributed by atoms with Gasteiger partial charge >= 0.3 is 0 Å². The summed E-state index contributed by atoms with van der Waals surface area (Å²) in [6.45, 7) is 3.72. The summed E-state index contributed by atoms with van der Waals surface area (Å²) in [5.74, 6) is 1.30. The van der Waals surface area contributed by atoms with Crippen LogP contribution in [0.15, 0.2) is 56.1 Å². The average molecular weight is 423 g/mol. The molecule has 1 aliphatic rings. The van der Waals surface area contributed by atoms with E-state index in [0.717, 1.165) is 30.8 Å². The predicted octanol–water partition coefficient (Wildman–Crippen LogP) is 5.13.